The molecule has 1 aromatic carbocycles. The normalized spacial score (nSPS) is 11.3. The summed E-state index contributed by atoms with van der Waals surface area (Å²) in [6, 6.07) is 5.75. The summed E-state index contributed by atoms with van der Waals surface area (Å²) < 4.78 is 40.1. The van der Waals surface area contributed by atoms with E-state index in [1.54, 1.807) is 6.07 Å². The average Bonchev–Trinajstić information content (AvgIpc) is 2.49. The van der Waals surface area contributed by atoms with Crippen LogP contribution < -0.4 is 10.6 Å². The molecule has 0 aliphatic carbocycles. The van der Waals surface area contributed by atoms with Gasteiger partial charge in [-0.15, -0.1) is 0 Å². The van der Waals surface area contributed by atoms with Crippen molar-refractivity contribution < 1.29 is 22.8 Å². The number of nitrogens with one attached hydrogen (secondary N) is 2. The lowest BCUT2D eigenvalue weighted by atomic mass is 10.0. The number of hydrogen-bond donors (Lipinski definition) is 2. The molecule has 0 saturated heterocycles. The Balaban J connectivity index is 2.32. The number of alkyl halides is 3. The highest BCUT2D eigenvalue weighted by atomic mass is 19.4. The maximum Gasteiger partial charge on any atom is 0.417 e. The first-order valence-electron chi connectivity index (χ1n) is 6.78. The molecule has 0 radical (unpaired) electrons. The van der Waals surface area contributed by atoms with Crippen LogP contribution in [-0.2, 0) is 11.0 Å². The SMILES string of the molecule is CC(=O)NCCNC(=O)c1cnc2ccccc2c1C(F)(F)F. The average molecular weight is 325 g/mol. The molecule has 1 aromatic heterocycles. The number of benzene rings is 1. The van der Waals surface area contributed by atoms with Gasteiger partial charge < -0.3 is 10.6 Å². The van der Waals surface area contributed by atoms with Crippen molar-refractivity contribution in [2.24, 2.45) is 0 Å². The van der Waals surface area contributed by atoms with Crippen LogP contribution in [0.5, 0.6) is 0 Å². The van der Waals surface area contributed by atoms with Crippen LogP contribution in [-0.4, -0.2) is 29.9 Å². The van der Waals surface area contributed by atoms with Crippen molar-refractivity contribution in [3.8, 4) is 0 Å². The number of para-hydroxylation sites is 1. The van der Waals surface area contributed by atoms with Gasteiger partial charge in [-0.25, -0.2) is 0 Å². The van der Waals surface area contributed by atoms with E-state index in [0.717, 1.165) is 6.20 Å². The molecule has 0 saturated carbocycles. The second-order valence-electron chi connectivity index (χ2n) is 4.80. The van der Waals surface area contributed by atoms with Crippen LogP contribution >= 0.6 is 0 Å². The number of rotatable bonds is 4. The van der Waals surface area contributed by atoms with Crippen LogP contribution in [0.4, 0.5) is 13.2 Å². The van der Waals surface area contributed by atoms with Crippen molar-refractivity contribution in [1.29, 1.82) is 0 Å². The van der Waals surface area contributed by atoms with Crippen LogP contribution in [0.15, 0.2) is 30.5 Å². The van der Waals surface area contributed by atoms with Crippen molar-refractivity contribution in [1.82, 2.24) is 15.6 Å². The Hall–Kier alpha value is -2.64. The van der Waals surface area contributed by atoms with Gasteiger partial charge in [-0.3, -0.25) is 14.6 Å². The Labute approximate surface area is 129 Å². The smallest absolute Gasteiger partial charge is 0.355 e. The molecule has 0 unspecified atom stereocenters. The predicted octanol–water partition coefficient (Wildman–Crippen LogP) is 2.12. The lowest BCUT2D eigenvalue weighted by Crippen LogP contribution is -2.34. The first-order valence-corrected chi connectivity index (χ1v) is 6.78. The number of hydrogen-bond acceptors (Lipinski definition) is 3. The van der Waals surface area contributed by atoms with E-state index in [0.29, 0.717) is 0 Å². The summed E-state index contributed by atoms with van der Waals surface area (Å²) in [6.45, 7) is 1.45. The van der Waals surface area contributed by atoms with E-state index in [4.69, 9.17) is 0 Å². The van der Waals surface area contributed by atoms with E-state index in [9.17, 15) is 22.8 Å². The van der Waals surface area contributed by atoms with Crippen molar-refractivity contribution >= 4 is 22.7 Å². The number of aromatic nitrogens is 1. The van der Waals surface area contributed by atoms with Crippen molar-refractivity contribution in [2.45, 2.75) is 13.1 Å². The largest absolute Gasteiger partial charge is 0.417 e. The summed E-state index contributed by atoms with van der Waals surface area (Å²) >= 11 is 0. The Morgan fingerprint density at radius 1 is 1.13 bits per heavy atom. The summed E-state index contributed by atoms with van der Waals surface area (Å²) in [4.78, 5) is 26.6. The van der Waals surface area contributed by atoms with Gasteiger partial charge in [0.1, 0.15) is 0 Å². The maximum absolute atomic E-state index is 13.4. The molecule has 2 N–H and O–H groups in total. The lowest BCUT2D eigenvalue weighted by molar-refractivity contribution is -0.136. The molecular formula is C15H14F3N3O2. The molecular weight excluding hydrogens is 311 g/mol. The molecule has 0 aliphatic rings. The van der Waals surface area contributed by atoms with E-state index in [1.165, 1.54) is 25.1 Å². The Morgan fingerprint density at radius 3 is 2.43 bits per heavy atom. The van der Waals surface area contributed by atoms with Crippen molar-refractivity contribution in [2.75, 3.05) is 13.1 Å². The molecule has 23 heavy (non-hydrogen) atoms. The Kier molecular flexibility index (Phi) is 4.83. The van der Waals surface area contributed by atoms with E-state index in [-0.39, 0.29) is 29.9 Å². The molecule has 0 bridgehead atoms. The van der Waals surface area contributed by atoms with Crippen LogP contribution in [0.1, 0.15) is 22.8 Å². The van der Waals surface area contributed by atoms with Gasteiger partial charge in [0.05, 0.1) is 16.6 Å². The monoisotopic (exact) mass is 325 g/mol. The minimum absolute atomic E-state index is 0.0164. The topological polar surface area (TPSA) is 71.1 Å². The van der Waals surface area contributed by atoms with E-state index < -0.39 is 23.2 Å². The molecule has 2 aromatic rings. The minimum Gasteiger partial charge on any atom is -0.355 e. The van der Waals surface area contributed by atoms with E-state index in [2.05, 4.69) is 15.6 Å². The fourth-order valence-corrected chi connectivity index (χ4v) is 2.13. The first kappa shape index (κ1) is 16.7. The van der Waals surface area contributed by atoms with Gasteiger partial charge in [0.15, 0.2) is 0 Å². The number of carbonyl (C=O) groups excluding carboxylic acids is 2. The number of fused-ring (bicyclic) bond motifs is 1. The quantitative estimate of drug-likeness (QED) is 0.846. The van der Waals surface area contributed by atoms with Gasteiger partial charge in [0.2, 0.25) is 5.91 Å². The summed E-state index contributed by atoms with van der Waals surface area (Å²) in [5.41, 5.74) is -1.39. The van der Waals surface area contributed by atoms with E-state index >= 15 is 0 Å². The maximum atomic E-state index is 13.4. The highest BCUT2D eigenvalue weighted by molar-refractivity contribution is 6.00. The van der Waals surface area contributed by atoms with Gasteiger partial charge in [0.25, 0.3) is 5.91 Å². The van der Waals surface area contributed by atoms with E-state index in [1.807, 2.05) is 0 Å². The lowest BCUT2D eigenvalue weighted by Gasteiger charge is -2.15. The standard InChI is InChI=1S/C15H14F3N3O2/c1-9(22)19-6-7-20-14(23)11-8-21-12-5-3-2-4-10(12)13(11)15(16,17)18/h2-5,8H,6-7H2,1H3,(H,19,22)(H,20,23). The molecule has 2 rings (SSSR count). The fourth-order valence-electron chi connectivity index (χ4n) is 2.13. The third-order valence-electron chi connectivity index (χ3n) is 3.09. The van der Waals surface area contributed by atoms with Gasteiger partial charge in [-0.1, -0.05) is 18.2 Å². The number of halogens is 3. The van der Waals surface area contributed by atoms with Crippen LogP contribution in [0.3, 0.4) is 0 Å². The summed E-state index contributed by atoms with van der Waals surface area (Å²) in [5.74, 6) is -1.18. The fraction of sp³-hybridized carbons (Fsp3) is 0.267. The van der Waals surface area contributed by atoms with Gasteiger partial charge in [0, 0.05) is 31.6 Å². The van der Waals surface area contributed by atoms with Crippen molar-refractivity contribution in [3.63, 3.8) is 0 Å². The second kappa shape index (κ2) is 6.64. The molecule has 2 amide bonds. The number of carbonyl (C=O) groups is 2. The van der Waals surface area contributed by atoms with Crippen LogP contribution in [0.25, 0.3) is 10.9 Å². The Bertz CT molecular complexity index is 744. The molecule has 0 aliphatic heterocycles. The third kappa shape index (κ3) is 3.97. The van der Waals surface area contributed by atoms with Crippen LogP contribution in [0.2, 0.25) is 0 Å². The number of amides is 2. The molecule has 0 fully saturated rings. The molecule has 0 spiro atoms. The molecule has 122 valence electrons. The molecule has 8 heteroatoms. The van der Waals surface area contributed by atoms with Gasteiger partial charge in [-0.05, 0) is 6.07 Å². The van der Waals surface area contributed by atoms with Crippen molar-refractivity contribution in [3.05, 3.63) is 41.6 Å². The van der Waals surface area contributed by atoms with Gasteiger partial charge in [-0.2, -0.15) is 13.2 Å². The Morgan fingerprint density at radius 2 is 1.78 bits per heavy atom. The highest BCUT2D eigenvalue weighted by Gasteiger charge is 2.37. The molecule has 5 nitrogen and oxygen atoms in total. The predicted molar refractivity (Wildman–Crippen MR) is 77.8 cm³/mol. The molecule has 0 atom stereocenters. The number of pyridine rings is 1. The number of nitrogens with zero attached hydrogens (tertiary/aromatic N) is 1. The third-order valence-corrected chi connectivity index (χ3v) is 3.09. The zero-order valence-corrected chi connectivity index (χ0v) is 12.2. The zero-order chi connectivity index (χ0) is 17.0. The summed E-state index contributed by atoms with van der Waals surface area (Å²) in [7, 11) is 0. The summed E-state index contributed by atoms with van der Waals surface area (Å²) in [5, 5.41) is 4.64. The molecule has 1 heterocycles. The van der Waals surface area contributed by atoms with Crippen LogP contribution in [0, 0.1) is 0 Å². The zero-order valence-electron chi connectivity index (χ0n) is 12.2. The second-order valence-corrected chi connectivity index (χ2v) is 4.80. The first-order chi connectivity index (χ1) is 10.8. The highest BCUT2D eigenvalue weighted by Crippen LogP contribution is 2.36. The van der Waals surface area contributed by atoms with Gasteiger partial charge >= 0.3 is 6.18 Å². The summed E-state index contributed by atoms with van der Waals surface area (Å²) in [6.07, 6.45) is -3.77. The minimum atomic E-state index is -4.69.